The average molecular weight is 377 g/mol. The Labute approximate surface area is 169 Å². The molecule has 2 heterocycles. The lowest BCUT2D eigenvalue weighted by molar-refractivity contribution is 1.30. The maximum atomic E-state index is 4.45. The molecule has 5 heteroatoms. The minimum Gasteiger partial charge on any atom is -0.356 e. The quantitative estimate of drug-likeness (QED) is 0.437. The summed E-state index contributed by atoms with van der Waals surface area (Å²) in [6.45, 7) is 0. The third kappa shape index (κ3) is 5.43. The van der Waals surface area contributed by atoms with Crippen LogP contribution in [0.25, 0.3) is 0 Å². The van der Waals surface area contributed by atoms with Gasteiger partial charge in [-0.15, -0.1) is 0 Å². The molecular formula is C24H19N5. The molecule has 0 bridgehead atoms. The van der Waals surface area contributed by atoms with Gasteiger partial charge in [0.05, 0.1) is 35.2 Å². The maximum absolute atomic E-state index is 4.45. The maximum Gasteiger partial charge on any atom is 0.0812 e. The highest BCUT2D eigenvalue weighted by molar-refractivity contribution is 5.80. The van der Waals surface area contributed by atoms with Crippen LogP contribution in [0.3, 0.4) is 0 Å². The van der Waals surface area contributed by atoms with Crippen molar-refractivity contribution in [1.29, 1.82) is 0 Å². The number of aliphatic imine (C=N–C) groups is 2. The second kappa shape index (κ2) is 9.19. The fourth-order valence-corrected chi connectivity index (χ4v) is 2.61. The number of benzene rings is 2. The van der Waals surface area contributed by atoms with Crippen molar-refractivity contribution in [2.45, 2.75) is 0 Å². The molecule has 2 aromatic heterocycles. The van der Waals surface area contributed by atoms with Gasteiger partial charge in [-0.3, -0.25) is 20.0 Å². The molecule has 140 valence electrons. The summed E-state index contributed by atoms with van der Waals surface area (Å²) in [4.78, 5) is 17.3. The molecule has 5 nitrogen and oxygen atoms in total. The molecule has 0 amide bonds. The van der Waals surface area contributed by atoms with Crippen molar-refractivity contribution in [3.05, 3.63) is 109 Å². The predicted octanol–water partition coefficient (Wildman–Crippen LogP) is 5.72. The number of nitrogens with one attached hydrogen (secondary N) is 1. The summed E-state index contributed by atoms with van der Waals surface area (Å²) in [7, 11) is 0. The van der Waals surface area contributed by atoms with E-state index in [-0.39, 0.29) is 0 Å². The smallest absolute Gasteiger partial charge is 0.0812 e. The second-order valence-corrected chi connectivity index (χ2v) is 6.24. The first kappa shape index (κ1) is 18.3. The van der Waals surface area contributed by atoms with Crippen molar-refractivity contribution >= 4 is 35.2 Å². The Kier molecular flexibility index (Phi) is 5.78. The summed E-state index contributed by atoms with van der Waals surface area (Å²) in [5.41, 5.74) is 5.40. The van der Waals surface area contributed by atoms with Crippen molar-refractivity contribution in [2.75, 3.05) is 5.32 Å². The third-order valence-corrected chi connectivity index (χ3v) is 4.09. The monoisotopic (exact) mass is 377 g/mol. The second-order valence-electron chi connectivity index (χ2n) is 6.24. The molecule has 0 spiro atoms. The minimum absolute atomic E-state index is 0.834. The van der Waals surface area contributed by atoms with Gasteiger partial charge in [-0.2, -0.15) is 0 Å². The van der Waals surface area contributed by atoms with Gasteiger partial charge in [0.2, 0.25) is 0 Å². The lowest BCUT2D eigenvalue weighted by Crippen LogP contribution is -1.89. The number of hydrogen-bond acceptors (Lipinski definition) is 5. The molecule has 0 aliphatic heterocycles. The van der Waals surface area contributed by atoms with E-state index in [2.05, 4.69) is 25.3 Å². The van der Waals surface area contributed by atoms with E-state index in [0.29, 0.717) is 0 Å². The van der Waals surface area contributed by atoms with E-state index in [1.54, 1.807) is 24.8 Å². The van der Waals surface area contributed by atoms with Crippen LogP contribution in [-0.4, -0.2) is 22.4 Å². The zero-order valence-electron chi connectivity index (χ0n) is 15.7. The minimum atomic E-state index is 0.834. The van der Waals surface area contributed by atoms with Crippen LogP contribution < -0.4 is 5.32 Å². The number of aromatic nitrogens is 2. The molecule has 4 aromatic rings. The molecule has 0 saturated heterocycles. The molecule has 4 rings (SSSR count). The first-order valence-corrected chi connectivity index (χ1v) is 9.22. The number of nitrogens with zero attached hydrogens (tertiary/aromatic N) is 4. The van der Waals surface area contributed by atoms with E-state index < -0.39 is 0 Å². The lowest BCUT2D eigenvalue weighted by Gasteiger charge is -2.07. The van der Waals surface area contributed by atoms with E-state index in [0.717, 1.165) is 34.1 Å². The molecule has 0 aliphatic carbocycles. The highest BCUT2D eigenvalue weighted by Crippen LogP contribution is 2.22. The third-order valence-electron chi connectivity index (χ3n) is 4.09. The SMILES string of the molecule is C(=Nc1ccc(Nc2ccc(N=Cc3ccccn3)cc2)cc1)c1ccccn1. The molecular weight excluding hydrogens is 358 g/mol. The Bertz CT molecular complexity index is 997. The van der Waals surface area contributed by atoms with E-state index in [9.17, 15) is 0 Å². The number of rotatable bonds is 6. The molecule has 0 unspecified atom stereocenters. The molecule has 2 aromatic carbocycles. The standard InChI is InChI=1S/C24H19N5/c1-3-15-25-23(5-1)17-27-19-7-11-21(12-8-19)29-22-13-9-20(10-14-22)28-18-24-6-2-4-16-26-24/h1-18,29H. The predicted molar refractivity (Wildman–Crippen MR) is 119 cm³/mol. The fraction of sp³-hybridized carbons (Fsp3) is 0. The van der Waals surface area contributed by atoms with Gasteiger partial charge in [0.15, 0.2) is 0 Å². The number of hydrogen-bond donors (Lipinski definition) is 1. The molecule has 0 saturated carbocycles. The summed E-state index contributed by atoms with van der Waals surface area (Å²) in [6.07, 6.45) is 7.02. The Balaban J connectivity index is 1.36. The van der Waals surface area contributed by atoms with Crippen molar-refractivity contribution in [3.8, 4) is 0 Å². The Morgan fingerprint density at radius 1 is 0.552 bits per heavy atom. The van der Waals surface area contributed by atoms with E-state index >= 15 is 0 Å². The van der Waals surface area contributed by atoms with Crippen molar-refractivity contribution in [2.24, 2.45) is 9.98 Å². The van der Waals surface area contributed by atoms with E-state index in [1.165, 1.54) is 0 Å². The van der Waals surface area contributed by atoms with Crippen LogP contribution in [0.4, 0.5) is 22.7 Å². The van der Waals surface area contributed by atoms with Gasteiger partial charge in [0.25, 0.3) is 0 Å². The van der Waals surface area contributed by atoms with E-state index in [4.69, 9.17) is 0 Å². The Morgan fingerprint density at radius 3 is 1.38 bits per heavy atom. The highest BCUT2D eigenvalue weighted by atomic mass is 14.9. The van der Waals surface area contributed by atoms with Crippen LogP contribution in [0, 0.1) is 0 Å². The van der Waals surface area contributed by atoms with Gasteiger partial charge in [0.1, 0.15) is 0 Å². The molecule has 0 fully saturated rings. The summed E-state index contributed by atoms with van der Waals surface area (Å²) in [5, 5.41) is 3.38. The molecule has 0 aliphatic rings. The highest BCUT2D eigenvalue weighted by Gasteiger charge is 1.97. The van der Waals surface area contributed by atoms with Gasteiger partial charge < -0.3 is 5.32 Å². The fourth-order valence-electron chi connectivity index (χ4n) is 2.61. The number of pyridine rings is 2. The summed E-state index contributed by atoms with van der Waals surface area (Å²) in [5.74, 6) is 0. The van der Waals surface area contributed by atoms with Gasteiger partial charge >= 0.3 is 0 Å². The van der Waals surface area contributed by atoms with Crippen molar-refractivity contribution in [1.82, 2.24) is 9.97 Å². The molecule has 1 N–H and O–H groups in total. The van der Waals surface area contributed by atoms with Gasteiger partial charge in [-0.25, -0.2) is 0 Å². The molecule has 0 radical (unpaired) electrons. The zero-order valence-corrected chi connectivity index (χ0v) is 15.7. The van der Waals surface area contributed by atoms with Crippen LogP contribution in [0.2, 0.25) is 0 Å². The van der Waals surface area contributed by atoms with Crippen molar-refractivity contribution in [3.63, 3.8) is 0 Å². The van der Waals surface area contributed by atoms with Crippen LogP contribution in [0.15, 0.2) is 107 Å². The topological polar surface area (TPSA) is 62.5 Å². The molecule has 29 heavy (non-hydrogen) atoms. The summed E-state index contributed by atoms with van der Waals surface area (Å²) in [6, 6.07) is 27.3. The molecule has 0 atom stereocenters. The summed E-state index contributed by atoms with van der Waals surface area (Å²) < 4.78 is 0. The summed E-state index contributed by atoms with van der Waals surface area (Å²) >= 11 is 0. The van der Waals surface area contributed by atoms with Gasteiger partial charge in [-0.05, 0) is 72.8 Å². The van der Waals surface area contributed by atoms with Gasteiger partial charge in [-0.1, -0.05) is 12.1 Å². The Hall–Kier alpha value is -4.12. The van der Waals surface area contributed by atoms with Crippen LogP contribution in [-0.2, 0) is 0 Å². The first-order chi connectivity index (χ1) is 14.3. The average Bonchev–Trinajstić information content (AvgIpc) is 2.80. The number of anilines is 2. The normalized spacial score (nSPS) is 11.2. The van der Waals surface area contributed by atoms with Crippen LogP contribution in [0.1, 0.15) is 11.4 Å². The zero-order chi connectivity index (χ0) is 19.7. The van der Waals surface area contributed by atoms with Gasteiger partial charge in [0, 0.05) is 23.8 Å². The van der Waals surface area contributed by atoms with Crippen molar-refractivity contribution < 1.29 is 0 Å². The first-order valence-electron chi connectivity index (χ1n) is 9.22. The van der Waals surface area contributed by atoms with Crippen LogP contribution >= 0.6 is 0 Å². The van der Waals surface area contributed by atoms with E-state index in [1.807, 2.05) is 84.9 Å². The lowest BCUT2D eigenvalue weighted by atomic mass is 10.2. The Morgan fingerprint density at radius 2 is 1.00 bits per heavy atom. The largest absolute Gasteiger partial charge is 0.356 e. The van der Waals surface area contributed by atoms with Crippen LogP contribution in [0.5, 0.6) is 0 Å².